The fraction of sp³-hybridized carbons (Fsp3) is 0.267. The lowest BCUT2D eigenvalue weighted by molar-refractivity contribution is 0.0786. The second kappa shape index (κ2) is 5.75. The minimum atomic E-state index is -0.456. The summed E-state index contributed by atoms with van der Waals surface area (Å²) in [5.41, 5.74) is 1.32. The zero-order valence-corrected chi connectivity index (χ0v) is 11.9. The summed E-state index contributed by atoms with van der Waals surface area (Å²) in [5, 5.41) is 9.86. The van der Waals surface area contributed by atoms with Crippen LogP contribution in [0.5, 0.6) is 0 Å². The number of hydrogen-bond donors (Lipinski definition) is 0. The number of nitriles is 1. The van der Waals surface area contributed by atoms with Crippen molar-refractivity contribution in [1.82, 2.24) is 14.5 Å². The van der Waals surface area contributed by atoms with E-state index in [1.165, 1.54) is 11.1 Å². The van der Waals surface area contributed by atoms with Crippen LogP contribution in [0.2, 0.25) is 0 Å². The first-order valence-corrected chi connectivity index (χ1v) is 6.39. The van der Waals surface area contributed by atoms with Crippen molar-refractivity contribution >= 4 is 16.8 Å². The highest BCUT2D eigenvalue weighted by Crippen LogP contribution is 2.21. The molecule has 0 saturated heterocycles. The normalized spacial score (nSPS) is 10.4. The van der Waals surface area contributed by atoms with Crippen LogP contribution in [-0.4, -0.2) is 34.0 Å². The van der Waals surface area contributed by atoms with Crippen molar-refractivity contribution in [3.63, 3.8) is 0 Å². The van der Waals surface area contributed by atoms with E-state index in [4.69, 9.17) is 5.26 Å². The molecule has 2 rings (SSSR count). The van der Waals surface area contributed by atoms with Crippen LogP contribution in [-0.2, 0) is 7.05 Å². The van der Waals surface area contributed by atoms with E-state index >= 15 is 0 Å². The van der Waals surface area contributed by atoms with E-state index in [2.05, 4.69) is 11.6 Å². The summed E-state index contributed by atoms with van der Waals surface area (Å²) >= 11 is 0. The largest absolute Gasteiger partial charge is 0.340 e. The number of carbonyl (C=O) groups excluding carboxylic acids is 1. The third-order valence-corrected chi connectivity index (χ3v) is 3.33. The average molecular weight is 286 g/mol. The van der Waals surface area contributed by atoms with E-state index in [1.54, 1.807) is 30.8 Å². The number of halogens is 1. The van der Waals surface area contributed by atoms with Crippen LogP contribution >= 0.6 is 0 Å². The molecule has 0 aliphatic carbocycles. The summed E-state index contributed by atoms with van der Waals surface area (Å²) in [6.45, 7) is 3.43. The van der Waals surface area contributed by atoms with Gasteiger partial charge in [-0.15, -0.1) is 0 Å². The number of fused-ring (bicyclic) bond motifs is 1. The number of aromatic nitrogens is 2. The van der Waals surface area contributed by atoms with Gasteiger partial charge >= 0.3 is 0 Å². The first kappa shape index (κ1) is 14.7. The third-order valence-electron chi connectivity index (χ3n) is 3.33. The molecule has 0 unspecified atom stereocenters. The van der Waals surface area contributed by atoms with Gasteiger partial charge in [0, 0.05) is 38.6 Å². The highest BCUT2D eigenvalue weighted by atomic mass is 19.1. The monoisotopic (exact) mass is 286 g/mol. The van der Waals surface area contributed by atoms with E-state index < -0.39 is 5.83 Å². The lowest BCUT2D eigenvalue weighted by atomic mass is 10.2. The van der Waals surface area contributed by atoms with Gasteiger partial charge in [0.2, 0.25) is 0 Å². The molecule has 0 aliphatic rings. The zero-order chi connectivity index (χ0) is 15.6. The van der Waals surface area contributed by atoms with Gasteiger partial charge in [0.25, 0.3) is 5.91 Å². The van der Waals surface area contributed by atoms with E-state index in [9.17, 15) is 9.18 Å². The van der Waals surface area contributed by atoms with Gasteiger partial charge < -0.3 is 9.47 Å². The van der Waals surface area contributed by atoms with Gasteiger partial charge in [-0.25, -0.2) is 9.37 Å². The molecular weight excluding hydrogens is 271 g/mol. The van der Waals surface area contributed by atoms with Crippen molar-refractivity contribution in [2.45, 2.75) is 6.42 Å². The minimum Gasteiger partial charge on any atom is -0.340 e. The van der Waals surface area contributed by atoms with Crippen molar-refractivity contribution < 1.29 is 9.18 Å². The van der Waals surface area contributed by atoms with Crippen LogP contribution in [0, 0.1) is 11.3 Å². The van der Waals surface area contributed by atoms with Gasteiger partial charge in [0.15, 0.2) is 5.69 Å². The van der Waals surface area contributed by atoms with Crippen LogP contribution in [0.1, 0.15) is 22.6 Å². The van der Waals surface area contributed by atoms with Gasteiger partial charge in [0.05, 0.1) is 11.3 Å². The molecule has 0 spiro atoms. The molecule has 2 heterocycles. The molecule has 1 amide bonds. The van der Waals surface area contributed by atoms with E-state index in [0.717, 1.165) is 5.39 Å². The first-order chi connectivity index (χ1) is 9.95. The Bertz CT molecular complexity index is 757. The number of hydrogen-bond acceptors (Lipinski definition) is 3. The highest BCUT2D eigenvalue weighted by molar-refractivity contribution is 5.99. The number of aryl methyl sites for hydroxylation is 1. The van der Waals surface area contributed by atoms with Gasteiger partial charge in [-0.1, -0.05) is 6.58 Å². The molecular formula is C15H15FN4O. The molecule has 0 aliphatic heterocycles. The minimum absolute atomic E-state index is 0.108. The number of pyridine rings is 1. The summed E-state index contributed by atoms with van der Waals surface area (Å²) in [4.78, 5) is 17.8. The second-order valence-corrected chi connectivity index (χ2v) is 4.79. The fourth-order valence-corrected chi connectivity index (χ4v) is 2.18. The summed E-state index contributed by atoms with van der Waals surface area (Å²) in [5.74, 6) is -0.693. The highest BCUT2D eigenvalue weighted by Gasteiger charge is 2.19. The molecule has 0 saturated carbocycles. The van der Waals surface area contributed by atoms with E-state index in [1.807, 2.05) is 6.07 Å². The van der Waals surface area contributed by atoms with Crippen LogP contribution in [0.25, 0.3) is 10.9 Å². The topological polar surface area (TPSA) is 61.9 Å². The maximum absolute atomic E-state index is 12.7. The maximum Gasteiger partial charge on any atom is 0.270 e. The van der Waals surface area contributed by atoms with Crippen molar-refractivity contribution in [3.05, 3.63) is 42.1 Å². The van der Waals surface area contributed by atoms with Crippen LogP contribution in [0.15, 0.2) is 30.7 Å². The third kappa shape index (κ3) is 2.77. The molecule has 0 aromatic carbocycles. The number of nitrogens with zero attached hydrogens (tertiary/aromatic N) is 4. The van der Waals surface area contributed by atoms with E-state index in [-0.39, 0.29) is 24.6 Å². The Hall–Kier alpha value is -2.68. The van der Waals surface area contributed by atoms with Crippen molar-refractivity contribution in [1.29, 1.82) is 5.26 Å². The summed E-state index contributed by atoms with van der Waals surface area (Å²) in [6.07, 6.45) is 1.64. The molecule has 0 atom stereocenters. The number of rotatable bonds is 4. The fourth-order valence-electron chi connectivity index (χ4n) is 2.18. The second-order valence-electron chi connectivity index (χ2n) is 4.79. The lowest BCUT2D eigenvalue weighted by Crippen LogP contribution is -2.29. The maximum atomic E-state index is 12.7. The molecule has 0 bridgehead atoms. The summed E-state index contributed by atoms with van der Waals surface area (Å²) in [6, 6.07) is 5.47. The summed E-state index contributed by atoms with van der Waals surface area (Å²) in [7, 11) is 3.31. The lowest BCUT2D eigenvalue weighted by Gasteiger charge is -2.16. The molecule has 108 valence electrons. The molecule has 2 aromatic rings. The standard InChI is InChI=1S/C15H15FN4O/c1-10(16)5-7-19(2)15(21)13-8-11-4-6-18-12(9-17)14(11)20(13)3/h4,6,8H,1,5,7H2,2-3H3. The van der Waals surface area contributed by atoms with Crippen molar-refractivity contribution in [2.75, 3.05) is 13.6 Å². The first-order valence-electron chi connectivity index (χ1n) is 6.39. The van der Waals surface area contributed by atoms with Crippen LogP contribution in [0.3, 0.4) is 0 Å². The Morgan fingerprint density at radius 2 is 2.33 bits per heavy atom. The van der Waals surface area contributed by atoms with Crippen molar-refractivity contribution in [2.24, 2.45) is 7.05 Å². The molecule has 6 heteroatoms. The zero-order valence-electron chi connectivity index (χ0n) is 11.9. The number of carbonyl (C=O) groups is 1. The van der Waals surface area contributed by atoms with Gasteiger partial charge in [-0.3, -0.25) is 4.79 Å². The smallest absolute Gasteiger partial charge is 0.270 e. The Morgan fingerprint density at radius 1 is 1.62 bits per heavy atom. The van der Waals surface area contributed by atoms with Gasteiger partial charge in [-0.2, -0.15) is 5.26 Å². The molecule has 5 nitrogen and oxygen atoms in total. The van der Waals surface area contributed by atoms with Crippen molar-refractivity contribution in [3.8, 4) is 6.07 Å². The Kier molecular flexibility index (Phi) is 4.03. The molecule has 0 radical (unpaired) electrons. The molecule has 2 aromatic heterocycles. The quantitative estimate of drug-likeness (QED) is 0.867. The Balaban J connectivity index is 2.39. The van der Waals surface area contributed by atoms with Crippen LogP contribution < -0.4 is 0 Å². The molecule has 0 N–H and O–H groups in total. The molecule has 0 fully saturated rings. The van der Waals surface area contributed by atoms with E-state index in [0.29, 0.717) is 11.2 Å². The predicted molar refractivity (Wildman–Crippen MR) is 77.3 cm³/mol. The Morgan fingerprint density at radius 3 is 2.95 bits per heavy atom. The SMILES string of the molecule is C=C(F)CCN(C)C(=O)c1cc2ccnc(C#N)c2n1C. The van der Waals surface area contributed by atoms with Gasteiger partial charge in [-0.05, 0) is 12.1 Å². The molecule has 21 heavy (non-hydrogen) atoms. The van der Waals surface area contributed by atoms with Gasteiger partial charge in [0.1, 0.15) is 11.8 Å². The summed E-state index contributed by atoms with van der Waals surface area (Å²) < 4.78 is 14.3. The number of amides is 1. The average Bonchev–Trinajstić information content (AvgIpc) is 2.81. The Labute approximate surface area is 121 Å². The van der Waals surface area contributed by atoms with Crippen LogP contribution in [0.4, 0.5) is 4.39 Å². The predicted octanol–water partition coefficient (Wildman–Crippen LogP) is 2.39.